The van der Waals surface area contributed by atoms with Gasteiger partial charge in [-0.1, -0.05) is 24.3 Å². The number of sulfone groups is 1. The summed E-state index contributed by atoms with van der Waals surface area (Å²) in [5, 5.41) is 2.59. The van der Waals surface area contributed by atoms with Gasteiger partial charge < -0.3 is 9.47 Å². The molecule has 0 N–H and O–H groups in total. The Bertz CT molecular complexity index is 1080. The Kier molecular flexibility index (Phi) is 5.29. The molecule has 148 valence electrons. The highest BCUT2D eigenvalue weighted by atomic mass is 32.2. The number of carbonyl (C=O) groups is 1. The maximum Gasteiger partial charge on any atom is 0.224 e. The molecule has 1 aromatic carbocycles. The molecule has 1 amide bonds. The van der Waals surface area contributed by atoms with Gasteiger partial charge in [0, 0.05) is 42.1 Å². The van der Waals surface area contributed by atoms with E-state index in [2.05, 4.69) is 29.7 Å². The van der Waals surface area contributed by atoms with Crippen LogP contribution in [0.2, 0.25) is 0 Å². The van der Waals surface area contributed by atoms with Gasteiger partial charge in [0.2, 0.25) is 5.91 Å². The summed E-state index contributed by atoms with van der Waals surface area (Å²) < 4.78 is 27.5. The molecule has 3 aromatic rings. The number of carbonyl (C=O) groups excluding carboxylic acids is 1. The molecule has 1 saturated heterocycles. The van der Waals surface area contributed by atoms with Gasteiger partial charge in [0.1, 0.15) is 0 Å². The molecular weight excluding hydrogens is 392 g/mol. The van der Waals surface area contributed by atoms with Crippen LogP contribution in [0.15, 0.2) is 47.8 Å². The number of hydrogen-bond donors (Lipinski definition) is 0. The summed E-state index contributed by atoms with van der Waals surface area (Å²) in [5.74, 6) is 0.0616. The predicted molar refractivity (Wildman–Crippen MR) is 113 cm³/mol. The summed E-state index contributed by atoms with van der Waals surface area (Å²) in [6.45, 7) is 3.44. The van der Waals surface area contributed by atoms with Crippen LogP contribution in [0, 0.1) is 6.92 Å². The molecule has 4 rings (SSSR count). The third-order valence-electron chi connectivity index (χ3n) is 5.52. The van der Waals surface area contributed by atoms with E-state index >= 15 is 0 Å². The number of aromatic nitrogens is 1. The molecular formula is C21H24N2O3S2. The number of rotatable bonds is 4. The summed E-state index contributed by atoms with van der Waals surface area (Å²) in [7, 11) is -3.23. The van der Waals surface area contributed by atoms with E-state index in [1.165, 1.54) is 16.7 Å². The Morgan fingerprint density at radius 1 is 1.18 bits per heavy atom. The first-order valence-corrected chi connectivity index (χ1v) is 12.1. The van der Waals surface area contributed by atoms with Crippen molar-refractivity contribution in [1.29, 1.82) is 0 Å². The van der Waals surface area contributed by atoms with Gasteiger partial charge >= 0.3 is 0 Å². The Hall–Kier alpha value is -2.12. The van der Waals surface area contributed by atoms with Crippen LogP contribution < -0.4 is 0 Å². The average Bonchev–Trinajstić information content (AvgIpc) is 3.26. The van der Waals surface area contributed by atoms with Crippen LogP contribution in [-0.2, 0) is 21.2 Å². The quantitative estimate of drug-likeness (QED) is 0.650. The number of benzene rings is 1. The molecule has 1 atom stereocenters. The molecule has 0 bridgehead atoms. The van der Waals surface area contributed by atoms with Crippen LogP contribution >= 0.6 is 11.3 Å². The van der Waals surface area contributed by atoms with Crippen molar-refractivity contribution in [2.75, 3.05) is 18.8 Å². The van der Waals surface area contributed by atoms with Crippen LogP contribution in [0.5, 0.6) is 0 Å². The molecule has 1 aliphatic heterocycles. The first kappa shape index (κ1) is 19.2. The van der Waals surface area contributed by atoms with E-state index in [4.69, 9.17) is 0 Å². The highest BCUT2D eigenvalue weighted by Crippen LogP contribution is 2.32. The van der Waals surface area contributed by atoms with Gasteiger partial charge in [-0.25, -0.2) is 8.42 Å². The van der Waals surface area contributed by atoms with Gasteiger partial charge in [-0.05, 0) is 42.3 Å². The van der Waals surface area contributed by atoms with E-state index in [1.807, 2.05) is 29.6 Å². The second-order valence-corrected chi connectivity index (χ2v) is 10.6. The lowest BCUT2D eigenvalue weighted by atomic mass is 10.2. The monoisotopic (exact) mass is 416 g/mol. The molecule has 28 heavy (non-hydrogen) atoms. The predicted octanol–water partition coefficient (Wildman–Crippen LogP) is 3.79. The van der Waals surface area contributed by atoms with E-state index in [0.717, 1.165) is 16.1 Å². The van der Waals surface area contributed by atoms with Gasteiger partial charge in [0.25, 0.3) is 0 Å². The largest absolute Gasteiger partial charge is 0.344 e. The summed E-state index contributed by atoms with van der Waals surface area (Å²) in [5.41, 5.74) is 2.26. The highest BCUT2D eigenvalue weighted by molar-refractivity contribution is 7.91. The first-order valence-electron chi connectivity index (χ1n) is 9.53. The summed E-state index contributed by atoms with van der Waals surface area (Å²) >= 11 is 1.48. The second-order valence-electron chi connectivity index (χ2n) is 7.29. The summed E-state index contributed by atoms with van der Waals surface area (Å²) in [6, 6.07) is 14.0. The zero-order chi connectivity index (χ0) is 19.7. The van der Waals surface area contributed by atoms with Gasteiger partial charge in [-0.3, -0.25) is 4.79 Å². The van der Waals surface area contributed by atoms with Crippen LogP contribution in [-0.4, -0.2) is 42.6 Å². The fourth-order valence-corrected chi connectivity index (χ4v) is 7.00. The molecule has 5 nitrogen and oxygen atoms in total. The lowest BCUT2D eigenvalue weighted by Gasteiger charge is -2.20. The molecule has 1 fully saturated rings. The minimum atomic E-state index is -3.23. The lowest BCUT2D eigenvalue weighted by molar-refractivity contribution is -0.131. The molecule has 0 unspecified atom stereocenters. The van der Waals surface area contributed by atoms with E-state index < -0.39 is 15.1 Å². The standard InChI is InChI=1S/C21H24N2O3S2/c1-16-15-17-5-2-3-6-18(17)23(16)11-9-21(24)22-10-8-20(19-7-4-13-27-19)28(25,26)14-12-22/h2-7,13,15,20H,8-12,14H2,1H3/t20-/m1/s1. The zero-order valence-electron chi connectivity index (χ0n) is 15.9. The Labute approximate surface area is 169 Å². The SMILES string of the molecule is Cc1cc2ccccc2n1CCC(=O)N1CC[C@H](c2cccs2)S(=O)(=O)CC1. The Morgan fingerprint density at radius 2 is 2.00 bits per heavy atom. The number of fused-ring (bicyclic) bond motifs is 1. The van der Waals surface area contributed by atoms with Crippen molar-refractivity contribution < 1.29 is 13.2 Å². The minimum Gasteiger partial charge on any atom is -0.344 e. The first-order chi connectivity index (χ1) is 13.5. The smallest absolute Gasteiger partial charge is 0.224 e. The molecule has 0 spiro atoms. The highest BCUT2D eigenvalue weighted by Gasteiger charge is 2.33. The molecule has 3 heterocycles. The number of para-hydroxylation sites is 1. The van der Waals surface area contributed by atoms with Crippen molar-refractivity contribution in [1.82, 2.24) is 9.47 Å². The van der Waals surface area contributed by atoms with Crippen LogP contribution in [0.1, 0.15) is 28.7 Å². The average molecular weight is 417 g/mol. The van der Waals surface area contributed by atoms with Crippen molar-refractivity contribution in [2.24, 2.45) is 0 Å². The number of nitrogens with zero attached hydrogens (tertiary/aromatic N) is 2. The molecule has 0 radical (unpaired) electrons. The lowest BCUT2D eigenvalue weighted by Crippen LogP contribution is -2.34. The van der Waals surface area contributed by atoms with Gasteiger partial charge in [-0.15, -0.1) is 11.3 Å². The molecule has 0 aliphatic carbocycles. The fraction of sp³-hybridized carbons (Fsp3) is 0.381. The van der Waals surface area contributed by atoms with Crippen LogP contribution in [0.4, 0.5) is 0 Å². The third kappa shape index (κ3) is 3.73. The number of thiophene rings is 1. The normalized spacial score (nSPS) is 19.6. The minimum absolute atomic E-state index is 0.0270. The topological polar surface area (TPSA) is 59.4 Å². The van der Waals surface area contributed by atoms with Crippen molar-refractivity contribution in [2.45, 2.75) is 31.6 Å². The van der Waals surface area contributed by atoms with Crippen molar-refractivity contribution >= 4 is 38.0 Å². The van der Waals surface area contributed by atoms with Gasteiger partial charge in [-0.2, -0.15) is 0 Å². The van der Waals surface area contributed by atoms with Gasteiger partial charge in [0.15, 0.2) is 9.84 Å². The van der Waals surface area contributed by atoms with Crippen molar-refractivity contribution in [3.05, 3.63) is 58.4 Å². The summed E-state index contributed by atoms with van der Waals surface area (Å²) in [4.78, 5) is 15.4. The summed E-state index contributed by atoms with van der Waals surface area (Å²) in [6.07, 6.45) is 0.850. The Morgan fingerprint density at radius 3 is 2.79 bits per heavy atom. The van der Waals surface area contributed by atoms with Crippen LogP contribution in [0.3, 0.4) is 0 Å². The van der Waals surface area contributed by atoms with Crippen molar-refractivity contribution in [3.8, 4) is 0 Å². The molecule has 0 saturated carbocycles. The second kappa shape index (κ2) is 7.72. The third-order valence-corrected chi connectivity index (χ3v) is 8.76. The van der Waals surface area contributed by atoms with E-state index in [-0.39, 0.29) is 18.2 Å². The molecule has 2 aromatic heterocycles. The number of hydrogen-bond acceptors (Lipinski definition) is 4. The molecule has 7 heteroatoms. The van der Waals surface area contributed by atoms with E-state index in [0.29, 0.717) is 25.9 Å². The fourth-order valence-electron chi connectivity index (χ4n) is 4.00. The van der Waals surface area contributed by atoms with Gasteiger partial charge in [0.05, 0.1) is 11.0 Å². The van der Waals surface area contributed by atoms with E-state index in [9.17, 15) is 13.2 Å². The maximum absolute atomic E-state index is 12.8. The zero-order valence-corrected chi connectivity index (χ0v) is 17.5. The number of amides is 1. The maximum atomic E-state index is 12.8. The van der Waals surface area contributed by atoms with E-state index in [1.54, 1.807) is 4.90 Å². The van der Waals surface area contributed by atoms with Crippen molar-refractivity contribution in [3.63, 3.8) is 0 Å². The molecule has 1 aliphatic rings. The number of aryl methyl sites for hydroxylation is 2. The Balaban J connectivity index is 1.45. The van der Waals surface area contributed by atoms with Crippen LogP contribution in [0.25, 0.3) is 10.9 Å².